The van der Waals surface area contributed by atoms with E-state index in [-0.39, 0.29) is 37.9 Å². The maximum absolute atomic E-state index is 13.4. The largest absolute Gasteiger partial charge is 0.460 e. The SMILES string of the molecule is CC1(C)O[C@@H]2[C@@H](O1)c1cc3c(cc1N1C/C=C/COC(=O)[C@H](Cc4ccccc4)NC(=O)C[C@@H]21)OCO3. The molecule has 0 radical (unpaired) electrons. The first-order chi connectivity index (χ1) is 17.9. The van der Waals surface area contributed by atoms with E-state index in [1.807, 2.05) is 68.5 Å². The number of esters is 1. The molecule has 4 heterocycles. The van der Waals surface area contributed by atoms with Gasteiger partial charge in [-0.25, -0.2) is 4.79 Å². The molecule has 6 rings (SSSR count). The Bertz CT molecular complexity index is 1230. The van der Waals surface area contributed by atoms with Gasteiger partial charge in [-0.05, 0) is 31.6 Å². The average molecular weight is 507 g/mol. The molecule has 0 aromatic heterocycles. The first-order valence-electron chi connectivity index (χ1n) is 12.6. The molecular formula is C28H30N2O7. The standard InChI is InChI=1S/C28H30N2O7/c1-28(2)36-25-18-13-22-23(35-16-34-22)14-20(18)30-10-6-7-11-33-27(32)19(12-17-8-4-3-5-9-17)29-24(31)15-21(30)26(25)37-28/h3-9,13-14,19,21,25-26H,10-12,15-16H2,1-2H3,(H,29,31)/b7-6+/t19-,21-,25-,26-/m0/s1. The number of cyclic esters (lactones) is 1. The lowest BCUT2D eigenvalue weighted by atomic mass is 9.88. The summed E-state index contributed by atoms with van der Waals surface area (Å²) < 4.78 is 29.5. The van der Waals surface area contributed by atoms with Crippen molar-refractivity contribution >= 4 is 17.6 Å². The van der Waals surface area contributed by atoms with E-state index in [0.717, 1.165) is 16.8 Å². The Balaban J connectivity index is 1.35. The fraction of sp³-hybridized carbons (Fsp3) is 0.429. The van der Waals surface area contributed by atoms with Gasteiger partial charge < -0.3 is 33.9 Å². The molecule has 1 saturated heterocycles. The lowest BCUT2D eigenvalue weighted by molar-refractivity contribution is -0.149. The van der Waals surface area contributed by atoms with Crippen LogP contribution < -0.4 is 19.7 Å². The van der Waals surface area contributed by atoms with Gasteiger partial charge in [0.1, 0.15) is 24.9 Å². The van der Waals surface area contributed by atoms with Crippen LogP contribution >= 0.6 is 0 Å². The summed E-state index contributed by atoms with van der Waals surface area (Å²) in [7, 11) is 0. The summed E-state index contributed by atoms with van der Waals surface area (Å²) >= 11 is 0. The molecule has 4 atom stereocenters. The maximum atomic E-state index is 13.4. The zero-order valence-electron chi connectivity index (χ0n) is 20.8. The molecule has 0 bridgehead atoms. The molecule has 2 aromatic rings. The van der Waals surface area contributed by atoms with Crippen LogP contribution in [0.5, 0.6) is 11.5 Å². The van der Waals surface area contributed by atoms with E-state index >= 15 is 0 Å². The highest BCUT2D eigenvalue weighted by molar-refractivity contribution is 5.85. The number of fused-ring (bicyclic) bond motifs is 7. The van der Waals surface area contributed by atoms with Gasteiger partial charge in [0.05, 0.1) is 6.04 Å². The van der Waals surface area contributed by atoms with E-state index in [4.69, 9.17) is 23.7 Å². The molecule has 4 aliphatic rings. The van der Waals surface area contributed by atoms with Crippen LogP contribution in [0.1, 0.15) is 37.5 Å². The third-order valence-corrected chi connectivity index (χ3v) is 7.13. The summed E-state index contributed by atoms with van der Waals surface area (Å²) in [5.41, 5.74) is 2.78. The Morgan fingerprint density at radius 1 is 1.00 bits per heavy atom. The Morgan fingerprint density at radius 3 is 2.59 bits per heavy atom. The molecule has 37 heavy (non-hydrogen) atoms. The van der Waals surface area contributed by atoms with Crippen LogP contribution in [-0.2, 0) is 30.2 Å². The van der Waals surface area contributed by atoms with Crippen LogP contribution in [0.15, 0.2) is 54.6 Å². The van der Waals surface area contributed by atoms with Crippen molar-refractivity contribution in [3.8, 4) is 11.5 Å². The fourth-order valence-corrected chi connectivity index (χ4v) is 5.52. The number of carbonyl (C=O) groups is 2. The Morgan fingerprint density at radius 2 is 1.78 bits per heavy atom. The third kappa shape index (κ3) is 4.65. The number of nitrogens with zero attached hydrogens (tertiary/aromatic N) is 1. The predicted molar refractivity (Wildman–Crippen MR) is 133 cm³/mol. The van der Waals surface area contributed by atoms with Crippen molar-refractivity contribution < 1.29 is 33.3 Å². The third-order valence-electron chi connectivity index (χ3n) is 7.13. The summed E-state index contributed by atoms with van der Waals surface area (Å²) in [4.78, 5) is 28.4. The summed E-state index contributed by atoms with van der Waals surface area (Å²) in [5.74, 6) is -0.212. The molecule has 0 unspecified atom stereocenters. The molecule has 1 amide bonds. The fourth-order valence-electron chi connectivity index (χ4n) is 5.52. The minimum Gasteiger partial charge on any atom is -0.460 e. The van der Waals surface area contributed by atoms with E-state index in [0.29, 0.717) is 24.5 Å². The molecule has 0 spiro atoms. The van der Waals surface area contributed by atoms with Crippen molar-refractivity contribution in [3.63, 3.8) is 0 Å². The summed E-state index contributed by atoms with van der Waals surface area (Å²) in [6.07, 6.45) is 3.45. The zero-order chi connectivity index (χ0) is 25.6. The number of carbonyl (C=O) groups excluding carboxylic acids is 2. The topological polar surface area (TPSA) is 95.6 Å². The van der Waals surface area contributed by atoms with Gasteiger partial charge in [-0.3, -0.25) is 4.79 Å². The van der Waals surface area contributed by atoms with Crippen molar-refractivity contribution in [2.45, 2.75) is 56.8 Å². The smallest absolute Gasteiger partial charge is 0.329 e. The number of hydrogen-bond donors (Lipinski definition) is 1. The minimum absolute atomic E-state index is 0.112. The molecule has 4 aliphatic heterocycles. The van der Waals surface area contributed by atoms with Gasteiger partial charge in [-0.2, -0.15) is 0 Å². The molecule has 194 valence electrons. The van der Waals surface area contributed by atoms with E-state index in [9.17, 15) is 9.59 Å². The van der Waals surface area contributed by atoms with E-state index in [1.54, 1.807) is 0 Å². The Hall–Kier alpha value is -3.56. The molecule has 1 N–H and O–H groups in total. The van der Waals surface area contributed by atoms with Gasteiger partial charge in [0, 0.05) is 36.7 Å². The van der Waals surface area contributed by atoms with Crippen molar-refractivity contribution in [2.75, 3.05) is 24.8 Å². The van der Waals surface area contributed by atoms with E-state index in [2.05, 4.69) is 10.2 Å². The van der Waals surface area contributed by atoms with Crippen molar-refractivity contribution in [1.29, 1.82) is 0 Å². The Labute approximate surface area is 215 Å². The monoisotopic (exact) mass is 506 g/mol. The number of nitrogens with one attached hydrogen (secondary N) is 1. The number of benzene rings is 2. The highest BCUT2D eigenvalue weighted by Crippen LogP contribution is 2.52. The molecule has 0 saturated carbocycles. The highest BCUT2D eigenvalue weighted by Gasteiger charge is 2.52. The van der Waals surface area contributed by atoms with Gasteiger partial charge in [0.25, 0.3) is 0 Å². The zero-order valence-corrected chi connectivity index (χ0v) is 20.8. The van der Waals surface area contributed by atoms with Gasteiger partial charge in [0.15, 0.2) is 17.3 Å². The van der Waals surface area contributed by atoms with Crippen LogP contribution in [0.3, 0.4) is 0 Å². The van der Waals surface area contributed by atoms with Crippen molar-refractivity contribution in [2.24, 2.45) is 0 Å². The Kier molecular flexibility index (Phi) is 6.04. The number of ether oxygens (including phenoxy) is 5. The highest BCUT2D eigenvalue weighted by atomic mass is 16.8. The molecule has 1 fully saturated rings. The normalized spacial score (nSPS) is 29.1. The molecular weight excluding hydrogens is 476 g/mol. The van der Waals surface area contributed by atoms with Crippen LogP contribution in [0.4, 0.5) is 5.69 Å². The number of rotatable bonds is 2. The van der Waals surface area contributed by atoms with Crippen molar-refractivity contribution in [3.05, 3.63) is 65.7 Å². The van der Waals surface area contributed by atoms with Gasteiger partial charge in [0.2, 0.25) is 12.7 Å². The van der Waals surface area contributed by atoms with Crippen LogP contribution in [-0.4, -0.2) is 55.8 Å². The lowest BCUT2D eigenvalue weighted by Crippen LogP contribution is -2.53. The van der Waals surface area contributed by atoms with E-state index < -0.39 is 23.9 Å². The second kappa shape index (κ2) is 9.39. The van der Waals surface area contributed by atoms with Crippen LogP contribution in [0.2, 0.25) is 0 Å². The minimum atomic E-state index is -0.825. The first kappa shape index (κ1) is 23.8. The van der Waals surface area contributed by atoms with Gasteiger partial charge >= 0.3 is 5.97 Å². The summed E-state index contributed by atoms with van der Waals surface area (Å²) in [6, 6.07) is 12.3. The maximum Gasteiger partial charge on any atom is 0.329 e. The summed E-state index contributed by atoms with van der Waals surface area (Å²) in [6.45, 7) is 4.52. The average Bonchev–Trinajstić information content (AvgIpc) is 3.46. The second-order valence-corrected chi connectivity index (χ2v) is 10.1. The van der Waals surface area contributed by atoms with Crippen LogP contribution in [0, 0.1) is 0 Å². The number of hydrogen-bond acceptors (Lipinski definition) is 8. The second-order valence-electron chi connectivity index (χ2n) is 10.1. The molecule has 2 aromatic carbocycles. The summed E-state index contributed by atoms with van der Waals surface area (Å²) in [5, 5.41) is 2.93. The van der Waals surface area contributed by atoms with Gasteiger partial charge in [-0.15, -0.1) is 0 Å². The van der Waals surface area contributed by atoms with Crippen molar-refractivity contribution in [1.82, 2.24) is 5.32 Å². The van der Waals surface area contributed by atoms with Crippen LogP contribution in [0.25, 0.3) is 0 Å². The first-order valence-corrected chi connectivity index (χ1v) is 12.6. The molecule has 9 nitrogen and oxygen atoms in total. The molecule has 0 aliphatic carbocycles. The van der Waals surface area contributed by atoms with Gasteiger partial charge in [-0.1, -0.05) is 36.4 Å². The predicted octanol–water partition coefficient (Wildman–Crippen LogP) is 3.03. The van der Waals surface area contributed by atoms with E-state index in [1.165, 1.54) is 0 Å². The quantitative estimate of drug-likeness (QED) is 0.491. The number of anilines is 1. The number of amides is 1. The molecule has 9 heteroatoms. The lowest BCUT2D eigenvalue weighted by Gasteiger charge is -2.43.